The van der Waals surface area contributed by atoms with Crippen LogP contribution in [0.25, 0.3) is 0 Å². The molecule has 0 radical (unpaired) electrons. The van der Waals surface area contributed by atoms with Crippen molar-refractivity contribution in [2.24, 2.45) is 0 Å². The molecule has 4 unspecified atom stereocenters. The van der Waals surface area contributed by atoms with E-state index >= 15 is 0 Å². The molecule has 22 heavy (non-hydrogen) atoms. The molecule has 2 rings (SSSR count). The Bertz CT molecular complexity index is 368. The minimum atomic E-state index is -1.69. The van der Waals surface area contributed by atoms with Crippen molar-refractivity contribution in [2.45, 2.75) is 68.3 Å². The smallest absolute Gasteiger partial charge is 0.187 e. The van der Waals surface area contributed by atoms with Crippen LogP contribution in [0, 0.1) is 0 Å². The predicted molar refractivity (Wildman–Crippen MR) is 67.2 cm³/mol. The Morgan fingerprint density at radius 3 is 2.05 bits per heavy atom. The van der Waals surface area contributed by atoms with Crippen molar-refractivity contribution in [3.8, 4) is 0 Å². The normalized spacial score (nSPS) is 53.5. The van der Waals surface area contributed by atoms with Crippen LogP contribution in [-0.2, 0) is 14.2 Å². The van der Waals surface area contributed by atoms with Crippen LogP contribution < -0.4 is 0 Å². The van der Waals surface area contributed by atoms with Crippen LogP contribution in [0.2, 0.25) is 0 Å². The van der Waals surface area contributed by atoms with Gasteiger partial charge in [-0.15, -0.1) is 0 Å². The first-order valence-corrected chi connectivity index (χ1v) is 6.93. The quantitative estimate of drug-likeness (QED) is 0.269. The molecule has 2 saturated heterocycles. The third-order valence-electron chi connectivity index (χ3n) is 3.94. The summed E-state index contributed by atoms with van der Waals surface area (Å²) in [6.45, 7) is 0.823. The van der Waals surface area contributed by atoms with E-state index in [1.807, 2.05) is 0 Å². The van der Waals surface area contributed by atoms with E-state index in [1.54, 1.807) is 0 Å². The summed E-state index contributed by atoms with van der Waals surface area (Å²) in [4.78, 5) is 0. The van der Waals surface area contributed by atoms with E-state index in [-0.39, 0.29) is 0 Å². The maximum absolute atomic E-state index is 9.93. The Balaban J connectivity index is 2.06. The standard InChI is InChI=1S/C12H22O10/c1-3-5(14)7(16)9(18)12(20-3)22-10-8(17)6(15)4(2-13)21-11(10)19/h3-19H,2H2,1H3/t3?,4?,5-,6-,7+,8-,9?,10?,11+,12-/m0/s1. The molecule has 2 heterocycles. The van der Waals surface area contributed by atoms with Crippen molar-refractivity contribution >= 4 is 0 Å². The molecule has 2 aliphatic rings. The van der Waals surface area contributed by atoms with Gasteiger partial charge in [-0.25, -0.2) is 0 Å². The zero-order valence-electron chi connectivity index (χ0n) is 11.8. The molecule has 10 nitrogen and oxygen atoms in total. The highest BCUT2D eigenvalue weighted by Crippen LogP contribution is 2.28. The number of aliphatic hydroxyl groups is 7. The molecule has 2 aliphatic heterocycles. The first-order chi connectivity index (χ1) is 10.3. The molecule has 0 aromatic heterocycles. The maximum Gasteiger partial charge on any atom is 0.187 e. The highest BCUT2D eigenvalue weighted by atomic mass is 16.7. The Labute approximate surface area is 126 Å². The van der Waals surface area contributed by atoms with E-state index in [1.165, 1.54) is 6.92 Å². The molecule has 0 amide bonds. The number of rotatable bonds is 3. The Morgan fingerprint density at radius 2 is 1.45 bits per heavy atom. The minimum Gasteiger partial charge on any atom is -0.394 e. The molecule has 0 aromatic carbocycles. The molecular formula is C12H22O10. The summed E-state index contributed by atoms with van der Waals surface area (Å²) in [6, 6.07) is 0. The fraction of sp³-hybridized carbons (Fsp3) is 1.00. The van der Waals surface area contributed by atoms with Crippen molar-refractivity contribution in [1.29, 1.82) is 0 Å². The Morgan fingerprint density at radius 1 is 0.818 bits per heavy atom. The topological polar surface area (TPSA) is 169 Å². The monoisotopic (exact) mass is 326 g/mol. The second kappa shape index (κ2) is 7.01. The van der Waals surface area contributed by atoms with E-state index < -0.39 is 68.0 Å². The van der Waals surface area contributed by atoms with Gasteiger partial charge in [-0.2, -0.15) is 0 Å². The third-order valence-corrected chi connectivity index (χ3v) is 3.94. The van der Waals surface area contributed by atoms with Crippen molar-refractivity contribution in [2.75, 3.05) is 6.61 Å². The zero-order valence-corrected chi connectivity index (χ0v) is 11.8. The van der Waals surface area contributed by atoms with Gasteiger partial charge in [-0.05, 0) is 6.92 Å². The molecule has 10 atom stereocenters. The van der Waals surface area contributed by atoms with Crippen molar-refractivity contribution < 1.29 is 50.0 Å². The summed E-state index contributed by atoms with van der Waals surface area (Å²) in [7, 11) is 0. The highest BCUT2D eigenvalue weighted by Gasteiger charge is 2.49. The SMILES string of the molecule is CC1O[C@@H](OC2[C@H](O)OC(CO)[C@H](O)[C@@H]2O)C(O)[C@H](O)[C@H]1O. The van der Waals surface area contributed by atoms with E-state index in [4.69, 9.17) is 19.3 Å². The van der Waals surface area contributed by atoms with E-state index in [2.05, 4.69) is 0 Å². The Kier molecular flexibility index (Phi) is 5.72. The lowest BCUT2D eigenvalue weighted by molar-refractivity contribution is -0.358. The van der Waals surface area contributed by atoms with Gasteiger partial charge in [0.05, 0.1) is 12.7 Å². The minimum absolute atomic E-state index is 0.619. The molecule has 0 aliphatic carbocycles. The van der Waals surface area contributed by atoms with Crippen LogP contribution in [-0.4, -0.2) is 104 Å². The summed E-state index contributed by atoms with van der Waals surface area (Å²) in [5.41, 5.74) is 0. The van der Waals surface area contributed by atoms with Gasteiger partial charge in [-0.3, -0.25) is 0 Å². The lowest BCUT2D eigenvalue weighted by Gasteiger charge is -2.44. The van der Waals surface area contributed by atoms with Gasteiger partial charge in [0.1, 0.15) is 42.7 Å². The van der Waals surface area contributed by atoms with Crippen LogP contribution in [0.3, 0.4) is 0 Å². The van der Waals surface area contributed by atoms with E-state index in [0.717, 1.165) is 0 Å². The van der Waals surface area contributed by atoms with Gasteiger partial charge in [0.25, 0.3) is 0 Å². The summed E-state index contributed by atoms with van der Waals surface area (Å²) < 4.78 is 15.3. The molecule has 10 heteroatoms. The lowest BCUT2D eigenvalue weighted by atomic mass is 9.97. The largest absolute Gasteiger partial charge is 0.394 e. The average Bonchev–Trinajstić information content (AvgIpc) is 2.49. The first kappa shape index (κ1) is 17.9. The molecule has 2 fully saturated rings. The Hall–Kier alpha value is -0.400. The molecule has 0 saturated carbocycles. The summed E-state index contributed by atoms with van der Waals surface area (Å²) in [5.74, 6) is 0. The molecule has 0 spiro atoms. The predicted octanol–water partition coefficient (Wildman–Crippen LogP) is -4.37. The van der Waals surface area contributed by atoms with Gasteiger partial charge in [0, 0.05) is 0 Å². The number of hydrogen-bond donors (Lipinski definition) is 7. The van der Waals surface area contributed by atoms with Gasteiger partial charge in [0.2, 0.25) is 0 Å². The van der Waals surface area contributed by atoms with Crippen LogP contribution in [0.5, 0.6) is 0 Å². The van der Waals surface area contributed by atoms with Crippen LogP contribution in [0.4, 0.5) is 0 Å². The summed E-state index contributed by atoms with van der Waals surface area (Å²) in [5, 5.41) is 67.5. The van der Waals surface area contributed by atoms with E-state index in [0.29, 0.717) is 0 Å². The summed E-state index contributed by atoms with van der Waals surface area (Å²) >= 11 is 0. The van der Waals surface area contributed by atoms with Crippen LogP contribution >= 0.6 is 0 Å². The molecule has 7 N–H and O–H groups in total. The number of aliphatic hydroxyl groups excluding tert-OH is 7. The highest BCUT2D eigenvalue weighted by molar-refractivity contribution is 4.92. The van der Waals surface area contributed by atoms with Crippen molar-refractivity contribution in [3.63, 3.8) is 0 Å². The van der Waals surface area contributed by atoms with Crippen molar-refractivity contribution in [1.82, 2.24) is 0 Å². The van der Waals surface area contributed by atoms with Crippen molar-refractivity contribution in [3.05, 3.63) is 0 Å². The van der Waals surface area contributed by atoms with Crippen LogP contribution in [0.15, 0.2) is 0 Å². The fourth-order valence-electron chi connectivity index (χ4n) is 2.50. The second-order valence-electron chi connectivity index (χ2n) is 5.51. The number of ether oxygens (including phenoxy) is 3. The third kappa shape index (κ3) is 3.26. The van der Waals surface area contributed by atoms with Crippen LogP contribution in [0.1, 0.15) is 6.92 Å². The first-order valence-electron chi connectivity index (χ1n) is 6.93. The zero-order chi connectivity index (χ0) is 16.6. The molecule has 0 bridgehead atoms. The molecule has 0 aromatic rings. The maximum atomic E-state index is 9.93. The van der Waals surface area contributed by atoms with Gasteiger partial charge in [-0.1, -0.05) is 0 Å². The second-order valence-corrected chi connectivity index (χ2v) is 5.51. The van der Waals surface area contributed by atoms with Gasteiger partial charge < -0.3 is 50.0 Å². The van der Waals surface area contributed by atoms with Gasteiger partial charge >= 0.3 is 0 Å². The van der Waals surface area contributed by atoms with E-state index in [9.17, 15) is 30.6 Å². The fourth-order valence-corrected chi connectivity index (χ4v) is 2.50. The average molecular weight is 326 g/mol. The molecular weight excluding hydrogens is 304 g/mol. The molecule has 130 valence electrons. The number of hydrogen-bond acceptors (Lipinski definition) is 10. The summed E-state index contributed by atoms with van der Waals surface area (Å²) in [6.07, 6.45) is -14.3. The lowest BCUT2D eigenvalue weighted by Crippen LogP contribution is -2.63. The van der Waals surface area contributed by atoms with Gasteiger partial charge in [0.15, 0.2) is 12.6 Å².